The summed E-state index contributed by atoms with van der Waals surface area (Å²) in [5.74, 6) is -0.152. The van der Waals surface area contributed by atoms with Gasteiger partial charge < -0.3 is 10.1 Å². The average molecular weight is 360 g/mol. The molecule has 0 aliphatic heterocycles. The van der Waals surface area contributed by atoms with E-state index in [9.17, 15) is 9.59 Å². The summed E-state index contributed by atoms with van der Waals surface area (Å²) in [6, 6.07) is 13.8. The van der Waals surface area contributed by atoms with Gasteiger partial charge in [-0.15, -0.1) is 0 Å². The van der Waals surface area contributed by atoms with Crippen molar-refractivity contribution in [2.45, 2.75) is 6.92 Å². The molecule has 25 heavy (non-hydrogen) atoms. The second-order valence-electron chi connectivity index (χ2n) is 4.96. The molecule has 2 aromatic rings. The zero-order valence-electron chi connectivity index (χ0n) is 13.7. The normalized spacial score (nSPS) is 10.5. The van der Waals surface area contributed by atoms with Crippen LogP contribution < -0.4 is 15.5 Å². The highest BCUT2D eigenvalue weighted by Gasteiger charge is 2.08. The van der Waals surface area contributed by atoms with E-state index in [-0.39, 0.29) is 12.5 Å². The number of para-hydroxylation sites is 1. The lowest BCUT2D eigenvalue weighted by Gasteiger charge is -2.06. The fourth-order valence-electron chi connectivity index (χ4n) is 1.98. The van der Waals surface area contributed by atoms with Crippen LogP contribution in [-0.4, -0.2) is 31.2 Å². The van der Waals surface area contributed by atoms with E-state index in [1.54, 1.807) is 18.2 Å². The molecular formula is C18H18ClN3O3. The number of carbonyl (C=O) groups excluding carboxylic acids is 2. The number of benzene rings is 2. The van der Waals surface area contributed by atoms with E-state index in [1.807, 2.05) is 31.2 Å². The molecule has 0 heterocycles. The SMILES string of the molecule is CCOc1ccccc1/C=N\NC(=O)CNC(=O)c1cccc(Cl)c1. The van der Waals surface area contributed by atoms with Gasteiger partial charge >= 0.3 is 0 Å². The van der Waals surface area contributed by atoms with Gasteiger partial charge in [-0.1, -0.05) is 29.8 Å². The Morgan fingerprint density at radius 2 is 2.00 bits per heavy atom. The van der Waals surface area contributed by atoms with Crippen LogP contribution in [0.2, 0.25) is 5.02 Å². The van der Waals surface area contributed by atoms with E-state index in [4.69, 9.17) is 16.3 Å². The van der Waals surface area contributed by atoms with Gasteiger partial charge in [0.15, 0.2) is 0 Å². The molecular weight excluding hydrogens is 342 g/mol. The summed E-state index contributed by atoms with van der Waals surface area (Å²) in [6.07, 6.45) is 1.49. The lowest BCUT2D eigenvalue weighted by Crippen LogP contribution is -2.34. The molecule has 0 radical (unpaired) electrons. The first-order valence-corrected chi connectivity index (χ1v) is 8.05. The number of halogens is 1. The minimum Gasteiger partial charge on any atom is -0.493 e. The largest absolute Gasteiger partial charge is 0.493 e. The minimum absolute atomic E-state index is 0.199. The van der Waals surface area contributed by atoms with Crippen LogP contribution in [0.1, 0.15) is 22.8 Å². The molecule has 6 nitrogen and oxygen atoms in total. The summed E-state index contributed by atoms with van der Waals surface area (Å²) in [4.78, 5) is 23.7. The number of carbonyl (C=O) groups is 2. The van der Waals surface area contributed by atoms with Gasteiger partial charge in [0.25, 0.3) is 11.8 Å². The minimum atomic E-state index is -0.444. The van der Waals surface area contributed by atoms with E-state index < -0.39 is 5.91 Å². The summed E-state index contributed by atoms with van der Waals surface area (Å²) in [6.45, 7) is 2.22. The Morgan fingerprint density at radius 3 is 2.76 bits per heavy atom. The van der Waals surface area contributed by atoms with Crippen molar-refractivity contribution in [2.75, 3.05) is 13.2 Å². The summed E-state index contributed by atoms with van der Waals surface area (Å²) in [5.41, 5.74) is 3.48. The van der Waals surface area contributed by atoms with Crippen molar-refractivity contribution in [1.82, 2.24) is 10.7 Å². The van der Waals surface area contributed by atoms with Crippen LogP contribution in [0.4, 0.5) is 0 Å². The van der Waals surface area contributed by atoms with Crippen molar-refractivity contribution in [3.8, 4) is 5.75 Å². The van der Waals surface area contributed by atoms with Crippen LogP contribution in [0.15, 0.2) is 53.6 Å². The molecule has 0 bridgehead atoms. The van der Waals surface area contributed by atoms with Crippen molar-refractivity contribution >= 4 is 29.6 Å². The molecule has 130 valence electrons. The molecule has 0 fully saturated rings. The topological polar surface area (TPSA) is 79.8 Å². The fraction of sp³-hybridized carbons (Fsp3) is 0.167. The average Bonchev–Trinajstić information content (AvgIpc) is 2.61. The number of nitrogens with zero attached hydrogens (tertiary/aromatic N) is 1. The Labute approximate surface area is 150 Å². The molecule has 0 unspecified atom stereocenters. The van der Waals surface area contributed by atoms with Crippen LogP contribution in [0.5, 0.6) is 5.75 Å². The van der Waals surface area contributed by atoms with Gasteiger partial charge in [0.05, 0.1) is 19.4 Å². The highest BCUT2D eigenvalue weighted by molar-refractivity contribution is 6.30. The Balaban J connectivity index is 1.84. The first-order valence-electron chi connectivity index (χ1n) is 7.67. The Hall–Kier alpha value is -2.86. The van der Waals surface area contributed by atoms with Gasteiger partial charge in [0.1, 0.15) is 5.75 Å². The molecule has 0 spiro atoms. The molecule has 0 saturated carbocycles. The van der Waals surface area contributed by atoms with Crippen molar-refractivity contribution in [3.05, 3.63) is 64.7 Å². The van der Waals surface area contributed by atoms with Gasteiger partial charge in [-0.25, -0.2) is 5.43 Å². The number of hydrazone groups is 1. The first-order chi connectivity index (χ1) is 12.1. The van der Waals surface area contributed by atoms with E-state index in [1.165, 1.54) is 12.3 Å². The second kappa shape index (κ2) is 9.44. The van der Waals surface area contributed by atoms with Crippen LogP contribution >= 0.6 is 11.6 Å². The smallest absolute Gasteiger partial charge is 0.259 e. The predicted octanol–water partition coefficient (Wildman–Crippen LogP) is 2.62. The highest BCUT2D eigenvalue weighted by Crippen LogP contribution is 2.15. The van der Waals surface area contributed by atoms with Crippen molar-refractivity contribution < 1.29 is 14.3 Å². The lowest BCUT2D eigenvalue weighted by atomic mass is 10.2. The van der Waals surface area contributed by atoms with Crippen molar-refractivity contribution in [2.24, 2.45) is 5.10 Å². The molecule has 2 N–H and O–H groups in total. The highest BCUT2D eigenvalue weighted by atomic mass is 35.5. The maximum absolute atomic E-state index is 11.9. The van der Waals surface area contributed by atoms with Crippen molar-refractivity contribution in [1.29, 1.82) is 0 Å². The van der Waals surface area contributed by atoms with Gasteiger partial charge in [-0.05, 0) is 37.3 Å². The summed E-state index contributed by atoms with van der Waals surface area (Å²) < 4.78 is 5.46. The maximum Gasteiger partial charge on any atom is 0.259 e. The standard InChI is InChI=1S/C18H18ClN3O3/c1-2-25-16-9-4-3-6-14(16)11-21-22-17(23)12-20-18(24)13-7-5-8-15(19)10-13/h3-11H,2,12H2,1H3,(H,20,24)(H,22,23)/b21-11-. The van der Waals surface area contributed by atoms with E-state index in [2.05, 4.69) is 15.8 Å². The number of ether oxygens (including phenoxy) is 1. The Kier molecular flexibility index (Phi) is 6.98. The summed E-state index contributed by atoms with van der Waals surface area (Å²) >= 11 is 5.82. The number of amides is 2. The van der Waals surface area contributed by atoms with Gasteiger partial charge in [-0.3, -0.25) is 9.59 Å². The summed E-state index contributed by atoms with van der Waals surface area (Å²) in [5, 5.41) is 6.82. The third-order valence-electron chi connectivity index (χ3n) is 3.11. The maximum atomic E-state index is 11.9. The van der Waals surface area contributed by atoms with Gasteiger partial charge in [0.2, 0.25) is 0 Å². The number of rotatable bonds is 7. The number of nitrogens with one attached hydrogen (secondary N) is 2. The molecule has 0 aliphatic rings. The van der Waals surface area contributed by atoms with E-state index >= 15 is 0 Å². The van der Waals surface area contributed by atoms with Crippen LogP contribution in [0.25, 0.3) is 0 Å². The molecule has 0 saturated heterocycles. The quantitative estimate of drug-likeness (QED) is 0.589. The first kappa shape index (κ1) is 18.5. The third-order valence-corrected chi connectivity index (χ3v) is 3.34. The molecule has 2 rings (SSSR count). The van der Waals surface area contributed by atoms with E-state index in [0.29, 0.717) is 22.9 Å². The van der Waals surface area contributed by atoms with Crippen molar-refractivity contribution in [3.63, 3.8) is 0 Å². The monoisotopic (exact) mass is 359 g/mol. The molecule has 2 aromatic carbocycles. The Morgan fingerprint density at radius 1 is 1.20 bits per heavy atom. The Bertz CT molecular complexity index is 778. The molecule has 0 atom stereocenters. The van der Waals surface area contributed by atoms with E-state index in [0.717, 1.165) is 5.56 Å². The predicted molar refractivity (Wildman–Crippen MR) is 97.1 cm³/mol. The fourth-order valence-corrected chi connectivity index (χ4v) is 2.17. The molecule has 7 heteroatoms. The third kappa shape index (κ3) is 5.93. The van der Waals surface area contributed by atoms with Crippen LogP contribution in [-0.2, 0) is 4.79 Å². The van der Waals surface area contributed by atoms with Crippen LogP contribution in [0, 0.1) is 0 Å². The second-order valence-corrected chi connectivity index (χ2v) is 5.39. The zero-order chi connectivity index (χ0) is 18.1. The number of hydrogen-bond donors (Lipinski definition) is 2. The molecule has 0 aliphatic carbocycles. The molecule has 2 amide bonds. The number of hydrogen-bond acceptors (Lipinski definition) is 4. The van der Waals surface area contributed by atoms with Crippen LogP contribution in [0.3, 0.4) is 0 Å². The van der Waals surface area contributed by atoms with Gasteiger partial charge in [-0.2, -0.15) is 5.10 Å². The zero-order valence-corrected chi connectivity index (χ0v) is 14.4. The lowest BCUT2D eigenvalue weighted by molar-refractivity contribution is -0.120. The van der Waals surface area contributed by atoms with Gasteiger partial charge in [0, 0.05) is 16.1 Å². The summed E-state index contributed by atoms with van der Waals surface area (Å²) in [7, 11) is 0. The molecule has 0 aromatic heterocycles.